The highest BCUT2D eigenvalue weighted by molar-refractivity contribution is 7.99. The maximum absolute atomic E-state index is 11.9. The van der Waals surface area contributed by atoms with Gasteiger partial charge in [-0.15, -0.1) is 10.2 Å². The summed E-state index contributed by atoms with van der Waals surface area (Å²) in [7, 11) is 0. The first-order chi connectivity index (χ1) is 8.40. The highest BCUT2D eigenvalue weighted by atomic mass is 32.2. The maximum atomic E-state index is 11.9. The Balaban J connectivity index is 2.73. The van der Waals surface area contributed by atoms with E-state index in [1.54, 1.807) is 0 Å². The number of rotatable bonds is 6. The summed E-state index contributed by atoms with van der Waals surface area (Å²) in [4.78, 5) is 11.9. The number of hydrogen-bond acceptors (Lipinski definition) is 5. The van der Waals surface area contributed by atoms with Crippen LogP contribution in [0.2, 0.25) is 0 Å². The van der Waals surface area contributed by atoms with Gasteiger partial charge in [0.2, 0.25) is 0 Å². The summed E-state index contributed by atoms with van der Waals surface area (Å²) in [6.07, 6.45) is 0.936. The van der Waals surface area contributed by atoms with Crippen LogP contribution in [0, 0.1) is 5.41 Å². The minimum absolute atomic E-state index is 0.124. The van der Waals surface area contributed by atoms with Gasteiger partial charge in [-0.25, -0.2) is 0 Å². The van der Waals surface area contributed by atoms with Crippen LogP contribution in [0.25, 0.3) is 0 Å². The number of carbonyl (C=O) groups excluding carboxylic acids is 1. The van der Waals surface area contributed by atoms with Crippen LogP contribution >= 0.6 is 11.8 Å². The van der Waals surface area contributed by atoms with Crippen LogP contribution < -0.4 is 0 Å². The summed E-state index contributed by atoms with van der Waals surface area (Å²) in [6.45, 7) is 8.41. The molecule has 102 valence electrons. The van der Waals surface area contributed by atoms with Gasteiger partial charge in [0.25, 0.3) is 0 Å². The van der Waals surface area contributed by atoms with Gasteiger partial charge in [0.05, 0.1) is 5.75 Å². The van der Waals surface area contributed by atoms with Crippen molar-refractivity contribution in [2.45, 2.75) is 52.4 Å². The molecule has 1 heterocycles. The molecule has 1 aromatic rings. The van der Waals surface area contributed by atoms with E-state index >= 15 is 0 Å². The smallest absolute Gasteiger partial charge is 0.191 e. The number of hydrogen-bond donors (Lipinski definition) is 1. The molecule has 0 radical (unpaired) electrons. The normalized spacial score (nSPS) is 11.8. The molecule has 6 heteroatoms. The largest absolute Gasteiger partial charge is 0.388 e. The van der Waals surface area contributed by atoms with Gasteiger partial charge >= 0.3 is 0 Å². The molecule has 0 unspecified atom stereocenters. The lowest BCUT2D eigenvalue weighted by molar-refractivity contribution is -0.123. The molecule has 0 aromatic carbocycles. The van der Waals surface area contributed by atoms with E-state index in [0.717, 1.165) is 13.0 Å². The fourth-order valence-electron chi connectivity index (χ4n) is 1.34. The molecule has 0 bridgehead atoms. The van der Waals surface area contributed by atoms with Crippen molar-refractivity contribution in [3.8, 4) is 0 Å². The lowest BCUT2D eigenvalue weighted by Gasteiger charge is -2.15. The van der Waals surface area contributed by atoms with E-state index in [9.17, 15) is 4.79 Å². The number of carbonyl (C=O) groups is 1. The Hall–Kier alpha value is -0.880. The molecule has 0 fully saturated rings. The van der Waals surface area contributed by atoms with Crippen LogP contribution in [-0.2, 0) is 17.9 Å². The Kier molecular flexibility index (Phi) is 5.34. The Morgan fingerprint density at radius 3 is 2.56 bits per heavy atom. The van der Waals surface area contributed by atoms with Crippen LogP contribution in [0.3, 0.4) is 0 Å². The third-order valence-corrected chi connectivity index (χ3v) is 3.52. The summed E-state index contributed by atoms with van der Waals surface area (Å²) < 4.78 is 1.88. The number of nitrogens with zero attached hydrogens (tertiary/aromatic N) is 3. The van der Waals surface area contributed by atoms with Crippen LogP contribution in [0.1, 0.15) is 39.9 Å². The average Bonchev–Trinajstić information content (AvgIpc) is 2.67. The van der Waals surface area contributed by atoms with Crippen molar-refractivity contribution in [1.29, 1.82) is 0 Å². The average molecular weight is 271 g/mol. The quantitative estimate of drug-likeness (QED) is 0.800. The summed E-state index contributed by atoms with van der Waals surface area (Å²) in [6, 6.07) is 0. The number of thioether (sulfide) groups is 1. The first-order valence-electron chi connectivity index (χ1n) is 6.09. The Morgan fingerprint density at radius 1 is 1.39 bits per heavy atom. The van der Waals surface area contributed by atoms with Crippen LogP contribution in [-0.4, -0.2) is 31.4 Å². The van der Waals surface area contributed by atoms with Crippen LogP contribution in [0.15, 0.2) is 5.16 Å². The molecule has 0 spiro atoms. The summed E-state index contributed by atoms with van der Waals surface area (Å²) in [5, 5.41) is 17.8. The van der Waals surface area contributed by atoms with Gasteiger partial charge in [0, 0.05) is 12.0 Å². The van der Waals surface area contributed by atoms with Crippen molar-refractivity contribution in [2.24, 2.45) is 5.41 Å². The molecule has 5 nitrogen and oxygen atoms in total. The molecule has 1 aromatic heterocycles. The van der Waals surface area contributed by atoms with Crippen molar-refractivity contribution >= 4 is 17.5 Å². The van der Waals surface area contributed by atoms with E-state index in [-0.39, 0.29) is 17.8 Å². The second-order valence-corrected chi connectivity index (χ2v) is 6.11. The molecule has 0 saturated heterocycles. The van der Waals surface area contributed by atoms with E-state index in [2.05, 4.69) is 17.1 Å². The van der Waals surface area contributed by atoms with E-state index in [1.165, 1.54) is 11.8 Å². The van der Waals surface area contributed by atoms with E-state index in [1.807, 2.05) is 25.3 Å². The molecule has 1 N–H and O–H groups in total. The molecule has 0 aliphatic carbocycles. The van der Waals surface area contributed by atoms with Crippen molar-refractivity contribution in [3.05, 3.63) is 5.82 Å². The second kappa shape index (κ2) is 6.33. The summed E-state index contributed by atoms with van der Waals surface area (Å²) in [5.74, 6) is 1.13. The van der Waals surface area contributed by atoms with Crippen molar-refractivity contribution < 1.29 is 9.90 Å². The SMILES string of the molecule is CCCn1c(CO)nnc1SCC(=O)C(C)(C)C. The minimum atomic E-state index is -0.331. The van der Waals surface area contributed by atoms with Gasteiger partial charge < -0.3 is 9.67 Å². The minimum Gasteiger partial charge on any atom is -0.388 e. The highest BCUT2D eigenvalue weighted by Crippen LogP contribution is 2.23. The van der Waals surface area contributed by atoms with E-state index in [4.69, 9.17) is 5.11 Å². The standard InChI is InChI=1S/C12H21N3O2S/c1-5-6-15-10(7-16)13-14-11(15)18-8-9(17)12(2,3)4/h16H,5-8H2,1-4H3. The predicted octanol–water partition coefficient (Wildman–Crippen LogP) is 1.89. The molecule has 0 aliphatic heterocycles. The van der Waals surface area contributed by atoms with Crippen LogP contribution in [0.5, 0.6) is 0 Å². The zero-order valence-corrected chi connectivity index (χ0v) is 12.3. The lowest BCUT2D eigenvalue weighted by Crippen LogP contribution is -2.22. The summed E-state index contributed by atoms with van der Waals surface area (Å²) in [5.41, 5.74) is -0.331. The van der Waals surface area contributed by atoms with E-state index < -0.39 is 0 Å². The fraction of sp³-hybridized carbons (Fsp3) is 0.750. The number of aromatic nitrogens is 3. The molecule has 0 saturated carbocycles. The Labute approximate surface area is 112 Å². The molecule has 1 rings (SSSR count). The third kappa shape index (κ3) is 3.81. The van der Waals surface area contributed by atoms with Gasteiger partial charge in [-0.1, -0.05) is 39.5 Å². The topological polar surface area (TPSA) is 68.0 Å². The molecule has 0 aliphatic rings. The van der Waals surface area contributed by atoms with Gasteiger partial charge in [0.15, 0.2) is 11.0 Å². The first kappa shape index (κ1) is 15.2. The number of aliphatic hydroxyl groups is 1. The highest BCUT2D eigenvalue weighted by Gasteiger charge is 2.22. The fourth-order valence-corrected chi connectivity index (χ4v) is 2.48. The van der Waals surface area contributed by atoms with Gasteiger partial charge in [-0.2, -0.15) is 0 Å². The van der Waals surface area contributed by atoms with Crippen molar-refractivity contribution in [1.82, 2.24) is 14.8 Å². The molecular weight excluding hydrogens is 250 g/mol. The number of ketones is 1. The third-order valence-electron chi connectivity index (χ3n) is 2.55. The Morgan fingerprint density at radius 2 is 2.06 bits per heavy atom. The van der Waals surface area contributed by atoms with Crippen molar-refractivity contribution in [2.75, 3.05) is 5.75 Å². The first-order valence-corrected chi connectivity index (χ1v) is 7.07. The van der Waals surface area contributed by atoms with Crippen molar-refractivity contribution in [3.63, 3.8) is 0 Å². The number of Topliss-reactive ketones (excluding diaryl/α,β-unsaturated/α-hetero) is 1. The van der Waals surface area contributed by atoms with Gasteiger partial charge in [-0.05, 0) is 6.42 Å². The van der Waals surface area contributed by atoms with Crippen LogP contribution in [0.4, 0.5) is 0 Å². The van der Waals surface area contributed by atoms with Gasteiger partial charge in [-0.3, -0.25) is 4.79 Å². The molecule has 18 heavy (non-hydrogen) atoms. The van der Waals surface area contributed by atoms with Gasteiger partial charge in [0.1, 0.15) is 12.4 Å². The second-order valence-electron chi connectivity index (χ2n) is 5.17. The zero-order chi connectivity index (χ0) is 13.8. The molecule has 0 atom stereocenters. The van der Waals surface area contributed by atoms with E-state index in [0.29, 0.717) is 16.7 Å². The molecular formula is C12H21N3O2S. The molecule has 0 amide bonds. The predicted molar refractivity (Wildman–Crippen MR) is 71.4 cm³/mol. The lowest BCUT2D eigenvalue weighted by atomic mass is 9.92. The zero-order valence-electron chi connectivity index (χ0n) is 11.4. The summed E-state index contributed by atoms with van der Waals surface area (Å²) >= 11 is 1.39. The monoisotopic (exact) mass is 271 g/mol. The maximum Gasteiger partial charge on any atom is 0.191 e. The number of aliphatic hydroxyl groups excluding tert-OH is 1. The Bertz CT molecular complexity index is 410.